The lowest BCUT2D eigenvalue weighted by atomic mass is 10.3. The van der Waals surface area contributed by atoms with Crippen LogP contribution in [0.25, 0.3) is 0 Å². The highest BCUT2D eigenvalue weighted by molar-refractivity contribution is 7.11. The number of rotatable bonds is 6. The monoisotopic (exact) mass is 254 g/mol. The minimum Gasteiger partial charge on any atom is -0.356 e. The van der Waals surface area contributed by atoms with Crippen molar-refractivity contribution in [2.45, 2.75) is 33.1 Å². The zero-order valence-electron chi connectivity index (χ0n) is 10.9. The fraction of sp³-hybridized carbons (Fsp3) is 0.667. The van der Waals surface area contributed by atoms with E-state index in [4.69, 9.17) is 0 Å². The molecule has 1 aromatic rings. The zero-order valence-corrected chi connectivity index (χ0v) is 11.7. The maximum Gasteiger partial charge on any atom is 0.190 e. The van der Waals surface area contributed by atoms with Gasteiger partial charge in [-0.3, -0.25) is 4.99 Å². The quantitative estimate of drug-likeness (QED) is 0.463. The second-order valence-corrected chi connectivity index (χ2v) is 5.21. The number of hydrogen-bond acceptors (Lipinski definition) is 3. The fourth-order valence-corrected chi connectivity index (χ4v) is 2.20. The SMILES string of the molecule is CCCCNC(=NC)NCCc1ncc(C)s1. The Balaban J connectivity index is 2.19. The van der Waals surface area contributed by atoms with Crippen molar-refractivity contribution >= 4 is 17.3 Å². The van der Waals surface area contributed by atoms with Gasteiger partial charge in [0.2, 0.25) is 0 Å². The molecule has 0 spiro atoms. The number of aryl methyl sites for hydroxylation is 1. The van der Waals surface area contributed by atoms with Gasteiger partial charge in [0.25, 0.3) is 0 Å². The average Bonchev–Trinajstić information content (AvgIpc) is 2.73. The maximum absolute atomic E-state index is 4.33. The number of aromatic nitrogens is 1. The van der Waals surface area contributed by atoms with E-state index in [-0.39, 0.29) is 0 Å². The first-order chi connectivity index (χ1) is 8.26. The highest BCUT2D eigenvalue weighted by Crippen LogP contribution is 2.10. The molecule has 1 heterocycles. The minimum absolute atomic E-state index is 0.874. The summed E-state index contributed by atoms with van der Waals surface area (Å²) in [7, 11) is 1.80. The molecule has 0 unspecified atom stereocenters. The number of nitrogens with one attached hydrogen (secondary N) is 2. The predicted molar refractivity (Wildman–Crippen MR) is 74.8 cm³/mol. The summed E-state index contributed by atoms with van der Waals surface area (Å²) in [4.78, 5) is 9.77. The smallest absolute Gasteiger partial charge is 0.190 e. The molecular formula is C12H22N4S. The van der Waals surface area contributed by atoms with Gasteiger partial charge in [0.05, 0.1) is 5.01 Å². The molecule has 0 aliphatic carbocycles. The summed E-state index contributed by atoms with van der Waals surface area (Å²) in [6, 6.07) is 0. The molecular weight excluding hydrogens is 232 g/mol. The van der Waals surface area contributed by atoms with Gasteiger partial charge in [0.15, 0.2) is 5.96 Å². The third kappa shape index (κ3) is 5.68. The summed E-state index contributed by atoms with van der Waals surface area (Å²) in [5, 5.41) is 7.75. The molecule has 0 bridgehead atoms. The van der Waals surface area contributed by atoms with E-state index in [9.17, 15) is 0 Å². The van der Waals surface area contributed by atoms with Crippen LogP contribution in [0.5, 0.6) is 0 Å². The number of guanidine groups is 1. The van der Waals surface area contributed by atoms with Crippen molar-refractivity contribution in [1.82, 2.24) is 15.6 Å². The summed E-state index contributed by atoms with van der Waals surface area (Å²) >= 11 is 1.76. The van der Waals surface area contributed by atoms with Gasteiger partial charge >= 0.3 is 0 Å². The minimum atomic E-state index is 0.874. The second kappa shape index (κ2) is 8.06. The topological polar surface area (TPSA) is 49.3 Å². The predicted octanol–water partition coefficient (Wildman–Crippen LogP) is 1.96. The Morgan fingerprint density at radius 2 is 2.18 bits per heavy atom. The third-order valence-electron chi connectivity index (χ3n) is 2.35. The number of thiazole rings is 1. The Kier molecular flexibility index (Phi) is 6.62. The lowest BCUT2D eigenvalue weighted by Crippen LogP contribution is -2.38. The highest BCUT2D eigenvalue weighted by atomic mass is 32.1. The molecule has 0 atom stereocenters. The van der Waals surface area contributed by atoms with Crippen molar-refractivity contribution < 1.29 is 0 Å². The second-order valence-electron chi connectivity index (χ2n) is 3.89. The van der Waals surface area contributed by atoms with Crippen molar-refractivity contribution in [3.8, 4) is 0 Å². The Morgan fingerprint density at radius 1 is 1.41 bits per heavy atom. The van der Waals surface area contributed by atoms with Gasteiger partial charge in [-0.15, -0.1) is 11.3 Å². The molecule has 0 saturated heterocycles. The van der Waals surface area contributed by atoms with Gasteiger partial charge in [0, 0.05) is 37.6 Å². The Morgan fingerprint density at radius 3 is 2.76 bits per heavy atom. The molecule has 96 valence electrons. The largest absolute Gasteiger partial charge is 0.356 e. The zero-order chi connectivity index (χ0) is 12.5. The number of hydrogen-bond donors (Lipinski definition) is 2. The van der Waals surface area contributed by atoms with Crippen LogP contribution in [0, 0.1) is 6.92 Å². The molecule has 0 aromatic carbocycles. The van der Waals surface area contributed by atoms with E-state index in [1.165, 1.54) is 22.7 Å². The summed E-state index contributed by atoms with van der Waals surface area (Å²) < 4.78 is 0. The molecule has 4 nitrogen and oxygen atoms in total. The lowest BCUT2D eigenvalue weighted by Gasteiger charge is -2.10. The van der Waals surface area contributed by atoms with Crippen LogP contribution in [0.4, 0.5) is 0 Å². The lowest BCUT2D eigenvalue weighted by molar-refractivity contribution is 0.726. The average molecular weight is 254 g/mol. The van der Waals surface area contributed by atoms with E-state index in [2.05, 4.69) is 34.5 Å². The van der Waals surface area contributed by atoms with Crippen molar-refractivity contribution in [2.24, 2.45) is 4.99 Å². The van der Waals surface area contributed by atoms with Crippen molar-refractivity contribution in [3.63, 3.8) is 0 Å². The van der Waals surface area contributed by atoms with Crippen molar-refractivity contribution in [1.29, 1.82) is 0 Å². The molecule has 0 fully saturated rings. The maximum atomic E-state index is 4.33. The first-order valence-corrected chi connectivity index (χ1v) is 6.93. The van der Waals surface area contributed by atoms with E-state index < -0.39 is 0 Å². The van der Waals surface area contributed by atoms with Crippen LogP contribution < -0.4 is 10.6 Å². The van der Waals surface area contributed by atoms with Crippen LogP contribution in [0.3, 0.4) is 0 Å². The van der Waals surface area contributed by atoms with E-state index in [0.717, 1.165) is 25.5 Å². The molecule has 0 aliphatic heterocycles. The van der Waals surface area contributed by atoms with Gasteiger partial charge < -0.3 is 10.6 Å². The van der Waals surface area contributed by atoms with Crippen LogP contribution in [-0.2, 0) is 6.42 Å². The van der Waals surface area contributed by atoms with Crippen molar-refractivity contribution in [2.75, 3.05) is 20.1 Å². The Labute approximate surface area is 108 Å². The summed E-state index contributed by atoms with van der Waals surface area (Å²) in [6.45, 7) is 6.12. The molecule has 1 aromatic heterocycles. The Hall–Kier alpha value is -1.10. The number of nitrogens with zero attached hydrogens (tertiary/aromatic N) is 2. The van der Waals surface area contributed by atoms with Gasteiger partial charge in [0.1, 0.15) is 0 Å². The van der Waals surface area contributed by atoms with E-state index >= 15 is 0 Å². The van der Waals surface area contributed by atoms with Crippen LogP contribution in [0.15, 0.2) is 11.2 Å². The molecule has 0 amide bonds. The van der Waals surface area contributed by atoms with Crippen LogP contribution in [0.1, 0.15) is 29.7 Å². The van der Waals surface area contributed by atoms with Gasteiger partial charge in [-0.2, -0.15) is 0 Å². The number of unbranched alkanes of at least 4 members (excludes halogenated alkanes) is 1. The summed E-state index contributed by atoms with van der Waals surface area (Å²) in [5.74, 6) is 0.881. The van der Waals surface area contributed by atoms with Crippen LogP contribution in [-0.4, -0.2) is 31.1 Å². The molecule has 5 heteroatoms. The van der Waals surface area contributed by atoms with E-state index in [1.54, 1.807) is 18.4 Å². The van der Waals surface area contributed by atoms with Gasteiger partial charge in [-0.05, 0) is 13.3 Å². The Bertz CT molecular complexity index is 346. The van der Waals surface area contributed by atoms with Gasteiger partial charge in [-0.1, -0.05) is 13.3 Å². The molecule has 17 heavy (non-hydrogen) atoms. The van der Waals surface area contributed by atoms with Crippen LogP contribution in [0.2, 0.25) is 0 Å². The molecule has 0 saturated carbocycles. The summed E-state index contributed by atoms with van der Waals surface area (Å²) in [5.41, 5.74) is 0. The molecule has 1 rings (SSSR count). The summed E-state index contributed by atoms with van der Waals surface area (Å²) in [6.07, 6.45) is 5.25. The molecule has 0 radical (unpaired) electrons. The third-order valence-corrected chi connectivity index (χ3v) is 3.32. The van der Waals surface area contributed by atoms with Crippen molar-refractivity contribution in [3.05, 3.63) is 16.1 Å². The van der Waals surface area contributed by atoms with Gasteiger partial charge in [-0.25, -0.2) is 4.98 Å². The fourth-order valence-electron chi connectivity index (χ4n) is 1.41. The standard InChI is InChI=1S/C12H22N4S/c1-4-5-7-14-12(13-3)15-8-6-11-16-9-10(2)17-11/h9H,4-8H2,1-3H3,(H2,13,14,15). The highest BCUT2D eigenvalue weighted by Gasteiger charge is 2.00. The molecule has 2 N–H and O–H groups in total. The normalized spacial score (nSPS) is 11.6. The van der Waals surface area contributed by atoms with Crippen LogP contribution >= 0.6 is 11.3 Å². The number of aliphatic imine (C=N–C) groups is 1. The first-order valence-electron chi connectivity index (χ1n) is 6.12. The van der Waals surface area contributed by atoms with E-state index in [1.807, 2.05) is 6.20 Å². The first kappa shape index (κ1) is 14.0. The molecule has 0 aliphatic rings. The van der Waals surface area contributed by atoms with E-state index in [0.29, 0.717) is 0 Å².